The topological polar surface area (TPSA) is 64.2 Å². The van der Waals surface area contributed by atoms with E-state index in [0.717, 1.165) is 29.3 Å². The van der Waals surface area contributed by atoms with Gasteiger partial charge in [-0.1, -0.05) is 35.3 Å². The number of anilines is 1. The maximum absolute atomic E-state index is 13.0. The summed E-state index contributed by atoms with van der Waals surface area (Å²) in [5.41, 5.74) is 0.445. The highest BCUT2D eigenvalue weighted by Gasteiger charge is 2.30. The predicted molar refractivity (Wildman–Crippen MR) is 129 cm³/mol. The van der Waals surface area contributed by atoms with Crippen LogP contribution in [-0.2, 0) is 6.18 Å². The summed E-state index contributed by atoms with van der Waals surface area (Å²) < 4.78 is 40.1. The van der Waals surface area contributed by atoms with Crippen LogP contribution in [0.15, 0.2) is 79.0 Å². The third-order valence-electron chi connectivity index (χ3n) is 4.84. The molecule has 0 saturated heterocycles. The standard InChI is InChI=1S/C23H15Cl2F3N4O.ClH/c24-15-7-11-16(12-8-15)31-13-20(30-21(31)18-3-1-2-4-19(18)25)22(33)32(29)17-9-5-14(6-10-17)23(26,27)28;/h1-13H,29H2;1H. The molecule has 1 aromatic heterocycles. The molecule has 0 bridgehead atoms. The van der Waals surface area contributed by atoms with Gasteiger partial charge in [0, 0.05) is 22.5 Å². The number of hydrazine groups is 1. The average Bonchev–Trinajstić information content (AvgIpc) is 3.23. The van der Waals surface area contributed by atoms with Crippen LogP contribution in [0.1, 0.15) is 16.1 Å². The number of alkyl halides is 3. The molecule has 0 aliphatic heterocycles. The molecule has 34 heavy (non-hydrogen) atoms. The Morgan fingerprint density at radius 2 is 1.56 bits per heavy atom. The van der Waals surface area contributed by atoms with Crippen molar-refractivity contribution in [1.29, 1.82) is 0 Å². The Balaban J connectivity index is 0.00000324. The Hall–Kier alpha value is -3.04. The van der Waals surface area contributed by atoms with Gasteiger partial charge in [0.1, 0.15) is 11.5 Å². The molecule has 4 aromatic rings. The maximum Gasteiger partial charge on any atom is 0.416 e. The molecule has 0 aliphatic carbocycles. The summed E-state index contributed by atoms with van der Waals surface area (Å²) in [7, 11) is 0. The van der Waals surface area contributed by atoms with Gasteiger partial charge in [-0.2, -0.15) is 13.2 Å². The molecule has 4 rings (SSSR count). The van der Waals surface area contributed by atoms with E-state index in [1.165, 1.54) is 6.20 Å². The van der Waals surface area contributed by atoms with Gasteiger partial charge >= 0.3 is 6.18 Å². The zero-order chi connectivity index (χ0) is 23.8. The molecular formula is C23H16Cl3F3N4O. The minimum Gasteiger partial charge on any atom is -0.299 e. The fourth-order valence-corrected chi connectivity index (χ4v) is 3.51. The molecule has 5 nitrogen and oxygen atoms in total. The normalized spacial score (nSPS) is 11.1. The number of carbonyl (C=O) groups is 1. The number of nitrogens with zero attached hydrogens (tertiary/aromatic N) is 3. The lowest BCUT2D eigenvalue weighted by molar-refractivity contribution is -0.137. The van der Waals surface area contributed by atoms with Crippen molar-refractivity contribution in [2.75, 3.05) is 5.01 Å². The second-order valence-corrected chi connectivity index (χ2v) is 7.84. The fourth-order valence-electron chi connectivity index (χ4n) is 3.17. The summed E-state index contributed by atoms with van der Waals surface area (Å²) in [4.78, 5) is 17.5. The second kappa shape index (κ2) is 10.1. The quantitative estimate of drug-likeness (QED) is 0.180. The van der Waals surface area contributed by atoms with Gasteiger partial charge in [-0.05, 0) is 60.7 Å². The number of hydrogen-bond donors (Lipinski definition) is 1. The molecule has 0 aliphatic rings. The number of carbonyl (C=O) groups excluding carboxylic acids is 1. The molecule has 0 saturated carbocycles. The molecule has 176 valence electrons. The molecule has 2 N–H and O–H groups in total. The predicted octanol–water partition coefficient (Wildman–Crippen LogP) is 6.81. The van der Waals surface area contributed by atoms with E-state index in [2.05, 4.69) is 4.98 Å². The van der Waals surface area contributed by atoms with Crippen LogP contribution in [0.4, 0.5) is 18.9 Å². The first-order chi connectivity index (χ1) is 15.6. The van der Waals surface area contributed by atoms with Crippen molar-refractivity contribution in [3.63, 3.8) is 0 Å². The van der Waals surface area contributed by atoms with Crippen molar-refractivity contribution in [2.24, 2.45) is 5.84 Å². The van der Waals surface area contributed by atoms with Crippen LogP contribution in [0.3, 0.4) is 0 Å². The third kappa shape index (κ3) is 5.20. The van der Waals surface area contributed by atoms with Gasteiger partial charge in [-0.25, -0.2) is 15.8 Å². The molecule has 0 unspecified atom stereocenters. The van der Waals surface area contributed by atoms with Gasteiger partial charge in [-0.15, -0.1) is 12.4 Å². The van der Waals surface area contributed by atoms with Crippen molar-refractivity contribution >= 4 is 47.2 Å². The first kappa shape index (κ1) is 25.6. The summed E-state index contributed by atoms with van der Waals surface area (Å²) in [6, 6.07) is 17.8. The van der Waals surface area contributed by atoms with Crippen LogP contribution < -0.4 is 10.9 Å². The molecule has 3 aromatic carbocycles. The molecule has 1 heterocycles. The number of rotatable bonds is 4. The van der Waals surface area contributed by atoms with E-state index in [9.17, 15) is 18.0 Å². The van der Waals surface area contributed by atoms with Crippen LogP contribution in [0.2, 0.25) is 10.0 Å². The fraction of sp³-hybridized carbons (Fsp3) is 0.0435. The molecule has 0 atom stereocenters. The summed E-state index contributed by atoms with van der Waals surface area (Å²) in [6.45, 7) is 0. The van der Waals surface area contributed by atoms with E-state index in [4.69, 9.17) is 29.0 Å². The first-order valence-corrected chi connectivity index (χ1v) is 10.3. The Kier molecular flexibility index (Phi) is 7.57. The molecule has 0 radical (unpaired) electrons. The monoisotopic (exact) mass is 526 g/mol. The molecule has 1 amide bonds. The molecule has 0 fully saturated rings. The molecule has 11 heteroatoms. The van der Waals surface area contributed by atoms with Crippen LogP contribution in [0, 0.1) is 0 Å². The Bertz CT molecular complexity index is 1310. The third-order valence-corrected chi connectivity index (χ3v) is 5.42. The Morgan fingerprint density at radius 1 is 0.941 bits per heavy atom. The number of amides is 1. The van der Waals surface area contributed by atoms with Gasteiger partial charge in [0.25, 0.3) is 5.91 Å². The Labute approximate surface area is 208 Å². The van der Waals surface area contributed by atoms with Crippen LogP contribution in [-0.4, -0.2) is 15.5 Å². The highest BCUT2D eigenvalue weighted by molar-refractivity contribution is 6.33. The van der Waals surface area contributed by atoms with E-state index in [-0.39, 0.29) is 23.8 Å². The zero-order valence-corrected chi connectivity index (χ0v) is 19.5. The summed E-state index contributed by atoms with van der Waals surface area (Å²) >= 11 is 12.3. The van der Waals surface area contributed by atoms with E-state index >= 15 is 0 Å². The van der Waals surface area contributed by atoms with Gasteiger partial charge < -0.3 is 0 Å². The van der Waals surface area contributed by atoms with Crippen LogP contribution in [0.25, 0.3) is 17.1 Å². The van der Waals surface area contributed by atoms with Crippen molar-refractivity contribution in [2.45, 2.75) is 6.18 Å². The lowest BCUT2D eigenvalue weighted by atomic mass is 10.2. The van der Waals surface area contributed by atoms with E-state index in [1.807, 2.05) is 0 Å². The minimum atomic E-state index is -4.50. The number of nitrogens with two attached hydrogens (primary N) is 1. The SMILES string of the molecule is Cl.NN(C(=O)c1cn(-c2ccc(Cl)cc2)c(-c2ccccc2Cl)n1)c1ccc(C(F)(F)F)cc1. The average molecular weight is 528 g/mol. The highest BCUT2D eigenvalue weighted by atomic mass is 35.5. The lowest BCUT2D eigenvalue weighted by Crippen LogP contribution is -2.37. The highest BCUT2D eigenvalue weighted by Crippen LogP contribution is 2.32. The number of aromatic nitrogens is 2. The first-order valence-electron chi connectivity index (χ1n) is 9.52. The number of imidazole rings is 1. The van der Waals surface area contributed by atoms with E-state index < -0.39 is 17.6 Å². The van der Waals surface area contributed by atoms with Crippen molar-refractivity contribution in [1.82, 2.24) is 9.55 Å². The molecular weight excluding hydrogens is 512 g/mol. The summed E-state index contributed by atoms with van der Waals surface area (Å²) in [5.74, 6) is 5.60. The van der Waals surface area contributed by atoms with Crippen LogP contribution in [0.5, 0.6) is 0 Å². The number of benzene rings is 3. The number of hydrogen-bond acceptors (Lipinski definition) is 3. The number of halogens is 6. The van der Waals surface area contributed by atoms with E-state index in [1.54, 1.807) is 53.1 Å². The van der Waals surface area contributed by atoms with Gasteiger partial charge in [0.15, 0.2) is 0 Å². The summed E-state index contributed by atoms with van der Waals surface area (Å²) in [6.07, 6.45) is -3.02. The maximum atomic E-state index is 13.0. The summed E-state index contributed by atoms with van der Waals surface area (Å²) in [5, 5.41) is 1.69. The van der Waals surface area contributed by atoms with Gasteiger partial charge in [-0.3, -0.25) is 9.36 Å². The lowest BCUT2D eigenvalue weighted by Gasteiger charge is -2.16. The Morgan fingerprint density at radius 3 is 2.15 bits per heavy atom. The van der Waals surface area contributed by atoms with Gasteiger partial charge in [0.05, 0.1) is 16.3 Å². The smallest absolute Gasteiger partial charge is 0.299 e. The molecule has 0 spiro atoms. The van der Waals surface area contributed by atoms with Gasteiger partial charge in [0.2, 0.25) is 0 Å². The van der Waals surface area contributed by atoms with Crippen molar-refractivity contribution < 1.29 is 18.0 Å². The largest absolute Gasteiger partial charge is 0.416 e. The van der Waals surface area contributed by atoms with Crippen LogP contribution >= 0.6 is 35.6 Å². The van der Waals surface area contributed by atoms with E-state index in [0.29, 0.717) is 27.1 Å². The minimum absolute atomic E-state index is 0. The van der Waals surface area contributed by atoms with Crippen molar-refractivity contribution in [3.05, 3.63) is 100 Å². The second-order valence-electron chi connectivity index (χ2n) is 7.00. The van der Waals surface area contributed by atoms with Crippen molar-refractivity contribution in [3.8, 4) is 17.1 Å². The zero-order valence-electron chi connectivity index (χ0n) is 17.1.